The van der Waals surface area contributed by atoms with Crippen LogP contribution in [-0.4, -0.2) is 21.3 Å². The van der Waals surface area contributed by atoms with Gasteiger partial charge in [-0.05, 0) is 6.07 Å². The topological polar surface area (TPSA) is 27.7 Å². The Morgan fingerprint density at radius 3 is 1.73 bits per heavy atom. The Morgan fingerprint density at radius 1 is 0.867 bits per heavy atom. The van der Waals surface area contributed by atoms with Gasteiger partial charge in [-0.3, -0.25) is 0 Å². The molecule has 0 saturated heterocycles. The zero-order valence-electron chi connectivity index (χ0n) is 8.71. The molecule has 0 aliphatic carbocycles. The van der Waals surface area contributed by atoms with E-state index in [4.69, 9.17) is 14.2 Å². The summed E-state index contributed by atoms with van der Waals surface area (Å²) in [6, 6.07) is 2.59. The molecule has 0 spiro atoms. The summed E-state index contributed by atoms with van der Waals surface area (Å²) >= 11 is 0. The average Bonchev–Trinajstić information content (AvgIpc) is 2.26. The molecule has 0 amide bonds. The fourth-order valence-corrected chi connectivity index (χ4v) is 1.22. The van der Waals surface area contributed by atoms with Crippen molar-refractivity contribution >= 4 is 0 Å². The van der Waals surface area contributed by atoms with E-state index in [1.165, 1.54) is 33.5 Å². The quantitative estimate of drug-likeness (QED) is 0.777. The van der Waals surface area contributed by atoms with Crippen LogP contribution in [-0.2, 0) is 0 Å². The van der Waals surface area contributed by atoms with Crippen molar-refractivity contribution in [3.8, 4) is 17.2 Å². The monoisotopic (exact) mass is 218 g/mol. The molecule has 15 heavy (non-hydrogen) atoms. The molecule has 5 heteroatoms. The molecule has 1 rings (SSSR count). The van der Waals surface area contributed by atoms with Crippen LogP contribution < -0.4 is 14.2 Å². The summed E-state index contributed by atoms with van der Waals surface area (Å²) in [5.41, 5.74) is -0.213. The van der Waals surface area contributed by atoms with E-state index in [9.17, 15) is 8.78 Å². The second-order valence-corrected chi connectivity index (χ2v) is 2.75. The molecule has 0 aliphatic rings. The SMILES string of the molecule is COc1cc(OC)c(C(F)F)cc1OC. The van der Waals surface area contributed by atoms with E-state index in [-0.39, 0.29) is 17.1 Å². The largest absolute Gasteiger partial charge is 0.496 e. The molecule has 1 aromatic rings. The summed E-state index contributed by atoms with van der Waals surface area (Å²) in [6.07, 6.45) is -2.61. The second kappa shape index (κ2) is 4.82. The molecule has 1 aromatic carbocycles. The number of hydrogen-bond acceptors (Lipinski definition) is 3. The lowest BCUT2D eigenvalue weighted by molar-refractivity contribution is 0.146. The minimum absolute atomic E-state index is 0.0858. The molecule has 0 saturated carbocycles. The lowest BCUT2D eigenvalue weighted by atomic mass is 10.2. The zero-order valence-corrected chi connectivity index (χ0v) is 8.71. The van der Waals surface area contributed by atoms with Gasteiger partial charge in [0.2, 0.25) is 0 Å². The Hall–Kier alpha value is -1.52. The number of benzene rings is 1. The van der Waals surface area contributed by atoms with Gasteiger partial charge in [0.05, 0.1) is 26.9 Å². The van der Waals surface area contributed by atoms with E-state index < -0.39 is 6.43 Å². The third-order valence-corrected chi connectivity index (χ3v) is 1.97. The zero-order chi connectivity index (χ0) is 11.4. The predicted molar refractivity (Wildman–Crippen MR) is 51.1 cm³/mol. The first-order valence-electron chi connectivity index (χ1n) is 4.22. The molecule has 84 valence electrons. The fourth-order valence-electron chi connectivity index (χ4n) is 1.22. The maximum absolute atomic E-state index is 12.6. The maximum Gasteiger partial charge on any atom is 0.267 e. The van der Waals surface area contributed by atoms with Crippen molar-refractivity contribution in [2.75, 3.05) is 21.3 Å². The summed E-state index contributed by atoms with van der Waals surface area (Å²) in [7, 11) is 4.14. The molecule has 0 atom stereocenters. The van der Waals surface area contributed by atoms with Crippen molar-refractivity contribution in [2.45, 2.75) is 6.43 Å². The molecule has 3 nitrogen and oxygen atoms in total. The van der Waals surface area contributed by atoms with Crippen molar-refractivity contribution < 1.29 is 23.0 Å². The summed E-state index contributed by atoms with van der Waals surface area (Å²) < 4.78 is 39.9. The predicted octanol–water partition coefficient (Wildman–Crippen LogP) is 2.65. The number of alkyl halides is 2. The van der Waals surface area contributed by atoms with Gasteiger partial charge < -0.3 is 14.2 Å². The summed E-state index contributed by atoms with van der Waals surface area (Å²) in [5, 5.41) is 0. The van der Waals surface area contributed by atoms with Gasteiger partial charge in [-0.15, -0.1) is 0 Å². The molecule has 0 bridgehead atoms. The van der Waals surface area contributed by atoms with Gasteiger partial charge in [0.25, 0.3) is 6.43 Å². The Balaban J connectivity index is 3.27. The van der Waals surface area contributed by atoms with Crippen LogP contribution in [0.1, 0.15) is 12.0 Å². The van der Waals surface area contributed by atoms with Crippen LogP contribution >= 0.6 is 0 Å². The molecule has 0 fully saturated rings. The number of halogens is 2. The lowest BCUT2D eigenvalue weighted by Crippen LogP contribution is -1.97. The smallest absolute Gasteiger partial charge is 0.267 e. The highest BCUT2D eigenvalue weighted by atomic mass is 19.3. The minimum atomic E-state index is -2.61. The van der Waals surface area contributed by atoms with Crippen LogP contribution in [0, 0.1) is 0 Å². The highest BCUT2D eigenvalue weighted by Crippen LogP contribution is 2.38. The molecule has 0 heterocycles. The van der Waals surface area contributed by atoms with Gasteiger partial charge in [0.15, 0.2) is 11.5 Å². The van der Waals surface area contributed by atoms with Crippen LogP contribution in [0.5, 0.6) is 17.2 Å². The third-order valence-electron chi connectivity index (χ3n) is 1.97. The number of ether oxygens (including phenoxy) is 3. The molecular formula is C10H12F2O3. The molecule has 0 radical (unpaired) electrons. The van der Waals surface area contributed by atoms with E-state index in [2.05, 4.69) is 0 Å². The normalized spacial score (nSPS) is 10.3. The molecule has 0 aromatic heterocycles. The highest BCUT2D eigenvalue weighted by molar-refractivity contribution is 5.51. The van der Waals surface area contributed by atoms with Gasteiger partial charge in [-0.1, -0.05) is 0 Å². The van der Waals surface area contributed by atoms with Crippen molar-refractivity contribution in [3.63, 3.8) is 0 Å². The van der Waals surface area contributed by atoms with Crippen molar-refractivity contribution in [3.05, 3.63) is 17.7 Å². The Morgan fingerprint density at radius 2 is 1.33 bits per heavy atom. The first-order valence-corrected chi connectivity index (χ1v) is 4.22. The first kappa shape index (κ1) is 11.6. The Labute approximate surface area is 86.6 Å². The first-order chi connectivity index (χ1) is 7.13. The lowest BCUT2D eigenvalue weighted by Gasteiger charge is -2.13. The van der Waals surface area contributed by atoms with Gasteiger partial charge in [-0.2, -0.15) is 0 Å². The standard InChI is InChI=1S/C10H12F2O3/c1-13-7-5-9(15-3)8(14-2)4-6(7)10(11)12/h4-5,10H,1-3H3. The van der Waals surface area contributed by atoms with Gasteiger partial charge in [0.1, 0.15) is 5.75 Å². The van der Waals surface area contributed by atoms with Crippen molar-refractivity contribution in [2.24, 2.45) is 0 Å². The van der Waals surface area contributed by atoms with E-state index in [1.54, 1.807) is 0 Å². The van der Waals surface area contributed by atoms with Crippen LogP contribution in [0.4, 0.5) is 8.78 Å². The fraction of sp³-hybridized carbons (Fsp3) is 0.400. The average molecular weight is 218 g/mol. The molecular weight excluding hydrogens is 206 g/mol. The van der Waals surface area contributed by atoms with E-state index in [1.807, 2.05) is 0 Å². The van der Waals surface area contributed by atoms with Crippen LogP contribution in [0.25, 0.3) is 0 Å². The van der Waals surface area contributed by atoms with Crippen molar-refractivity contribution in [1.29, 1.82) is 0 Å². The molecule has 0 aliphatic heterocycles. The number of hydrogen-bond donors (Lipinski definition) is 0. The maximum atomic E-state index is 12.6. The van der Waals surface area contributed by atoms with Gasteiger partial charge in [0, 0.05) is 6.07 Å². The summed E-state index contributed by atoms with van der Waals surface area (Å²) in [5.74, 6) is 0.704. The highest BCUT2D eigenvalue weighted by Gasteiger charge is 2.18. The third kappa shape index (κ3) is 2.29. The molecule has 0 N–H and O–H groups in total. The van der Waals surface area contributed by atoms with Crippen molar-refractivity contribution in [1.82, 2.24) is 0 Å². The molecule has 0 unspecified atom stereocenters. The number of rotatable bonds is 4. The van der Waals surface area contributed by atoms with Gasteiger partial charge >= 0.3 is 0 Å². The minimum Gasteiger partial charge on any atom is -0.496 e. The summed E-state index contributed by atoms with van der Waals surface area (Å²) in [4.78, 5) is 0. The van der Waals surface area contributed by atoms with Crippen LogP contribution in [0.3, 0.4) is 0 Å². The van der Waals surface area contributed by atoms with Crippen LogP contribution in [0.15, 0.2) is 12.1 Å². The van der Waals surface area contributed by atoms with Gasteiger partial charge in [-0.25, -0.2) is 8.78 Å². The Bertz CT molecular complexity index is 340. The van der Waals surface area contributed by atoms with E-state index in [0.29, 0.717) is 5.75 Å². The number of methoxy groups -OCH3 is 3. The summed E-state index contributed by atoms with van der Waals surface area (Å²) in [6.45, 7) is 0. The Kier molecular flexibility index (Phi) is 3.71. The van der Waals surface area contributed by atoms with E-state index in [0.717, 1.165) is 0 Å². The second-order valence-electron chi connectivity index (χ2n) is 2.75. The van der Waals surface area contributed by atoms with Crippen LogP contribution in [0.2, 0.25) is 0 Å². The van der Waals surface area contributed by atoms with E-state index >= 15 is 0 Å².